The Morgan fingerprint density at radius 2 is 2.04 bits per heavy atom. The number of halogens is 1. The minimum absolute atomic E-state index is 0.0328. The molecule has 0 spiro atoms. The third-order valence-corrected chi connectivity index (χ3v) is 4.54. The number of furan rings is 1. The smallest absolute Gasteiger partial charge is 0.291 e. The molecule has 0 radical (unpaired) electrons. The van der Waals surface area contributed by atoms with Crippen LogP contribution in [0.15, 0.2) is 52.9 Å². The number of rotatable bonds is 3. The lowest BCUT2D eigenvalue weighted by atomic mass is 10.2. The second kappa shape index (κ2) is 6.72. The van der Waals surface area contributed by atoms with Crippen LogP contribution in [0.1, 0.15) is 10.6 Å². The Hall–Kier alpha value is -2.99. The summed E-state index contributed by atoms with van der Waals surface area (Å²) in [7, 11) is 0. The number of nitrogens with one attached hydrogen (secondary N) is 2. The summed E-state index contributed by atoms with van der Waals surface area (Å²) in [5, 5.41) is 6.90. The van der Waals surface area contributed by atoms with Gasteiger partial charge in [-0.3, -0.25) is 9.59 Å². The van der Waals surface area contributed by atoms with Crippen molar-refractivity contribution < 1.29 is 14.0 Å². The fourth-order valence-corrected chi connectivity index (χ4v) is 3.27. The molecule has 26 heavy (non-hydrogen) atoms. The first kappa shape index (κ1) is 16.5. The van der Waals surface area contributed by atoms with Crippen molar-refractivity contribution >= 4 is 45.8 Å². The first-order valence-corrected chi connectivity index (χ1v) is 8.59. The van der Waals surface area contributed by atoms with Crippen molar-refractivity contribution in [3.63, 3.8) is 0 Å². The molecule has 2 aromatic carbocycles. The molecule has 2 N–H and O–H groups in total. The van der Waals surface area contributed by atoms with Crippen LogP contribution in [0.4, 0.5) is 11.4 Å². The summed E-state index contributed by atoms with van der Waals surface area (Å²) in [6.45, 7) is 1.54. The lowest BCUT2D eigenvalue weighted by Gasteiger charge is -2.29. The van der Waals surface area contributed by atoms with Gasteiger partial charge in [0.15, 0.2) is 5.76 Å². The molecule has 2 heterocycles. The second-order valence-electron chi connectivity index (χ2n) is 6.04. The maximum Gasteiger partial charge on any atom is 0.291 e. The van der Waals surface area contributed by atoms with Gasteiger partial charge in [0.25, 0.3) is 5.91 Å². The standard InChI is InChI=1S/C19H16ClN3O3/c20-14-10-13(5-6-15(14)23-8-7-21-18(24)11-23)22-19(25)17-9-12-3-1-2-4-16(12)26-17/h1-6,9-10H,7-8,11H2,(H,21,24)(H,22,25). The van der Waals surface area contributed by atoms with Gasteiger partial charge in [-0.25, -0.2) is 0 Å². The van der Waals surface area contributed by atoms with Crippen molar-refractivity contribution in [1.82, 2.24) is 5.32 Å². The Kier molecular flexibility index (Phi) is 4.26. The van der Waals surface area contributed by atoms with E-state index in [1.165, 1.54) is 0 Å². The number of amides is 2. The van der Waals surface area contributed by atoms with Crippen molar-refractivity contribution in [2.75, 3.05) is 29.9 Å². The molecule has 3 aromatic rings. The van der Waals surface area contributed by atoms with Crippen LogP contribution in [-0.4, -0.2) is 31.4 Å². The summed E-state index contributed by atoms with van der Waals surface area (Å²) in [5.74, 6) is -0.143. The largest absolute Gasteiger partial charge is 0.451 e. The van der Waals surface area contributed by atoms with Gasteiger partial charge in [0.05, 0.1) is 17.3 Å². The van der Waals surface area contributed by atoms with E-state index in [9.17, 15) is 9.59 Å². The Labute approximate surface area is 154 Å². The van der Waals surface area contributed by atoms with Crippen LogP contribution in [0.5, 0.6) is 0 Å². The molecule has 7 heteroatoms. The SMILES string of the molecule is O=C1CN(c2ccc(NC(=O)c3cc4ccccc4o3)cc2Cl)CCN1. The minimum Gasteiger partial charge on any atom is -0.451 e. The monoisotopic (exact) mass is 369 g/mol. The molecule has 132 valence electrons. The highest BCUT2D eigenvalue weighted by Gasteiger charge is 2.19. The Morgan fingerprint density at radius 3 is 2.81 bits per heavy atom. The van der Waals surface area contributed by atoms with E-state index >= 15 is 0 Å². The lowest BCUT2D eigenvalue weighted by Crippen LogP contribution is -2.47. The molecule has 1 aliphatic rings. The maximum atomic E-state index is 12.4. The number of hydrogen-bond acceptors (Lipinski definition) is 4. The van der Waals surface area contributed by atoms with E-state index in [0.717, 1.165) is 11.1 Å². The molecule has 1 saturated heterocycles. The zero-order valence-electron chi connectivity index (χ0n) is 13.8. The molecular weight excluding hydrogens is 354 g/mol. The quantitative estimate of drug-likeness (QED) is 0.743. The molecule has 2 amide bonds. The molecule has 4 rings (SSSR count). The third-order valence-electron chi connectivity index (χ3n) is 4.23. The average molecular weight is 370 g/mol. The van der Waals surface area contributed by atoms with Gasteiger partial charge in [0.1, 0.15) is 5.58 Å². The number of carbonyl (C=O) groups excluding carboxylic acids is 2. The number of benzene rings is 2. The maximum absolute atomic E-state index is 12.4. The Morgan fingerprint density at radius 1 is 1.19 bits per heavy atom. The van der Waals surface area contributed by atoms with Crippen molar-refractivity contribution in [2.24, 2.45) is 0 Å². The predicted octanol–water partition coefficient (Wildman–Crippen LogP) is 3.27. The normalized spacial score (nSPS) is 14.3. The number of hydrogen-bond donors (Lipinski definition) is 2. The van der Waals surface area contributed by atoms with E-state index in [0.29, 0.717) is 29.4 Å². The zero-order chi connectivity index (χ0) is 18.1. The van der Waals surface area contributed by atoms with Gasteiger partial charge in [0, 0.05) is 24.2 Å². The highest BCUT2D eigenvalue weighted by Crippen LogP contribution is 2.29. The van der Waals surface area contributed by atoms with E-state index in [1.807, 2.05) is 29.2 Å². The van der Waals surface area contributed by atoms with E-state index in [4.69, 9.17) is 16.0 Å². The van der Waals surface area contributed by atoms with Crippen molar-refractivity contribution in [3.8, 4) is 0 Å². The van der Waals surface area contributed by atoms with E-state index in [-0.39, 0.29) is 24.1 Å². The van der Waals surface area contributed by atoms with Crippen molar-refractivity contribution in [2.45, 2.75) is 0 Å². The second-order valence-corrected chi connectivity index (χ2v) is 6.45. The van der Waals surface area contributed by atoms with Crippen LogP contribution >= 0.6 is 11.6 Å². The highest BCUT2D eigenvalue weighted by atomic mass is 35.5. The fourth-order valence-electron chi connectivity index (χ4n) is 2.97. The number of anilines is 2. The molecule has 0 saturated carbocycles. The average Bonchev–Trinajstić information content (AvgIpc) is 3.06. The van der Waals surface area contributed by atoms with Crippen LogP contribution < -0.4 is 15.5 Å². The number of fused-ring (bicyclic) bond motifs is 1. The van der Waals surface area contributed by atoms with E-state index in [1.54, 1.807) is 24.3 Å². The van der Waals surface area contributed by atoms with Gasteiger partial charge in [-0.2, -0.15) is 0 Å². The van der Waals surface area contributed by atoms with Gasteiger partial charge in [-0.05, 0) is 30.3 Å². The highest BCUT2D eigenvalue weighted by molar-refractivity contribution is 6.33. The third kappa shape index (κ3) is 3.23. The minimum atomic E-state index is -0.345. The number of piperazine rings is 1. The summed E-state index contributed by atoms with van der Waals surface area (Å²) in [6.07, 6.45) is 0. The molecule has 0 atom stereocenters. The fraction of sp³-hybridized carbons (Fsp3) is 0.158. The van der Waals surface area contributed by atoms with E-state index < -0.39 is 0 Å². The van der Waals surface area contributed by atoms with Gasteiger partial charge in [-0.1, -0.05) is 29.8 Å². The predicted molar refractivity (Wildman–Crippen MR) is 101 cm³/mol. The Bertz CT molecular complexity index is 966. The first-order chi connectivity index (χ1) is 12.6. The topological polar surface area (TPSA) is 74.6 Å². The Balaban J connectivity index is 1.52. The van der Waals surface area contributed by atoms with Gasteiger partial charge in [-0.15, -0.1) is 0 Å². The summed E-state index contributed by atoms with van der Waals surface area (Å²) in [5.41, 5.74) is 1.99. The summed E-state index contributed by atoms with van der Waals surface area (Å²) >= 11 is 6.36. The van der Waals surface area contributed by atoms with Gasteiger partial charge >= 0.3 is 0 Å². The first-order valence-electron chi connectivity index (χ1n) is 8.21. The van der Waals surface area contributed by atoms with Crippen LogP contribution in [0.25, 0.3) is 11.0 Å². The van der Waals surface area contributed by atoms with E-state index in [2.05, 4.69) is 10.6 Å². The van der Waals surface area contributed by atoms with Crippen molar-refractivity contribution in [1.29, 1.82) is 0 Å². The number of nitrogens with zero attached hydrogens (tertiary/aromatic N) is 1. The van der Waals surface area contributed by atoms with Gasteiger partial charge < -0.3 is 20.0 Å². The molecule has 0 aliphatic carbocycles. The molecule has 0 unspecified atom stereocenters. The number of carbonyl (C=O) groups is 2. The zero-order valence-corrected chi connectivity index (χ0v) is 14.5. The summed E-state index contributed by atoms with van der Waals surface area (Å²) in [4.78, 5) is 25.9. The van der Waals surface area contributed by atoms with Crippen molar-refractivity contribution in [3.05, 3.63) is 59.3 Å². The molecule has 1 fully saturated rings. The molecule has 1 aliphatic heterocycles. The molecule has 6 nitrogen and oxygen atoms in total. The van der Waals surface area contributed by atoms with Crippen LogP contribution in [0.2, 0.25) is 5.02 Å². The summed E-state index contributed by atoms with van der Waals surface area (Å²) in [6, 6.07) is 14.4. The lowest BCUT2D eigenvalue weighted by molar-refractivity contribution is -0.120. The van der Waals surface area contributed by atoms with Gasteiger partial charge in [0.2, 0.25) is 5.91 Å². The number of para-hydroxylation sites is 1. The van der Waals surface area contributed by atoms with Crippen LogP contribution in [0, 0.1) is 0 Å². The van der Waals surface area contributed by atoms with Crippen LogP contribution in [-0.2, 0) is 4.79 Å². The summed E-state index contributed by atoms with van der Waals surface area (Å²) < 4.78 is 5.57. The molecule has 0 bridgehead atoms. The molecule has 1 aromatic heterocycles. The molecular formula is C19H16ClN3O3. The van der Waals surface area contributed by atoms with Crippen LogP contribution in [0.3, 0.4) is 0 Å².